The number of halogens is 1. The second kappa shape index (κ2) is 6.83. The summed E-state index contributed by atoms with van der Waals surface area (Å²) in [6.45, 7) is 5.98. The Bertz CT molecular complexity index is 880. The molecule has 5 rings (SSSR count). The molecule has 4 atom stereocenters. The van der Waals surface area contributed by atoms with Gasteiger partial charge < -0.3 is 19.5 Å². The van der Waals surface area contributed by atoms with Crippen LogP contribution in [0.15, 0.2) is 12.3 Å². The van der Waals surface area contributed by atoms with E-state index in [1.54, 1.807) is 4.68 Å². The highest BCUT2D eigenvalue weighted by Crippen LogP contribution is 2.44. The Morgan fingerprint density at radius 3 is 2.75 bits per heavy atom. The fourth-order valence-corrected chi connectivity index (χ4v) is 4.96. The van der Waals surface area contributed by atoms with E-state index >= 15 is 0 Å². The Morgan fingerprint density at radius 1 is 1.25 bits per heavy atom. The summed E-state index contributed by atoms with van der Waals surface area (Å²) in [5.41, 5.74) is 1.69. The molecule has 3 fully saturated rings. The van der Waals surface area contributed by atoms with Gasteiger partial charge in [-0.25, -0.2) is 9.67 Å². The first-order valence-corrected chi connectivity index (χ1v) is 10.6. The molecule has 0 bridgehead atoms. The average molecular weight is 407 g/mol. The number of rotatable bonds is 4. The maximum Gasteiger partial charge on any atom is 0.181 e. The standard InChI is InChI=1S/C20H27ClN4O3/c1-4-14-16-17(28-20(2,3)27-16)19(26-14)25-18-12(10-22-25)13(9-15(21)24-18)23-11-7-5-6-8-11/h9-11,14,16-17,19H,4-8H2,1-3H3,(H,23,24)/t14-,16-,17-,19-/m1/s1. The predicted molar refractivity (Wildman–Crippen MR) is 106 cm³/mol. The molecule has 1 N–H and O–H groups in total. The van der Waals surface area contributed by atoms with Crippen LogP contribution in [0.4, 0.5) is 5.69 Å². The lowest BCUT2D eigenvalue weighted by molar-refractivity contribution is -0.197. The quantitative estimate of drug-likeness (QED) is 0.764. The Balaban J connectivity index is 1.52. The molecule has 28 heavy (non-hydrogen) atoms. The van der Waals surface area contributed by atoms with E-state index in [9.17, 15) is 0 Å². The SMILES string of the molecule is CC[C@H]1O[C@@H](n2ncc3c(NC4CCCC4)cc(Cl)nc32)[C@@H]2OC(C)(C)O[C@@H]21. The molecule has 0 spiro atoms. The molecule has 0 unspecified atom stereocenters. The summed E-state index contributed by atoms with van der Waals surface area (Å²) in [5.74, 6) is -0.631. The zero-order valence-electron chi connectivity index (χ0n) is 16.5. The summed E-state index contributed by atoms with van der Waals surface area (Å²) < 4.78 is 20.4. The minimum Gasteiger partial charge on any atom is -0.382 e. The van der Waals surface area contributed by atoms with E-state index in [1.165, 1.54) is 25.7 Å². The molecule has 7 nitrogen and oxygen atoms in total. The largest absolute Gasteiger partial charge is 0.382 e. The van der Waals surface area contributed by atoms with Gasteiger partial charge in [0.25, 0.3) is 0 Å². The normalized spacial score (nSPS) is 32.3. The summed E-state index contributed by atoms with van der Waals surface area (Å²) >= 11 is 6.37. The van der Waals surface area contributed by atoms with Crippen molar-refractivity contribution < 1.29 is 14.2 Å². The lowest BCUT2D eigenvalue weighted by Gasteiger charge is -2.24. The van der Waals surface area contributed by atoms with Crippen molar-refractivity contribution >= 4 is 28.3 Å². The van der Waals surface area contributed by atoms with Gasteiger partial charge in [0.15, 0.2) is 17.7 Å². The summed E-state index contributed by atoms with van der Waals surface area (Å²) in [4.78, 5) is 4.57. The van der Waals surface area contributed by atoms with Crippen LogP contribution in [0, 0.1) is 0 Å². The second-order valence-electron chi connectivity index (χ2n) is 8.48. The Kier molecular flexibility index (Phi) is 4.54. The van der Waals surface area contributed by atoms with Crippen molar-refractivity contribution in [3.63, 3.8) is 0 Å². The molecular formula is C20H27ClN4O3. The molecule has 1 aliphatic carbocycles. The van der Waals surface area contributed by atoms with Gasteiger partial charge in [-0.2, -0.15) is 5.10 Å². The van der Waals surface area contributed by atoms with Crippen molar-refractivity contribution in [2.45, 2.75) is 89.2 Å². The number of nitrogens with zero attached hydrogens (tertiary/aromatic N) is 3. The van der Waals surface area contributed by atoms with Gasteiger partial charge in [-0.3, -0.25) is 0 Å². The maximum absolute atomic E-state index is 6.37. The number of pyridine rings is 1. The monoisotopic (exact) mass is 406 g/mol. The van der Waals surface area contributed by atoms with E-state index in [-0.39, 0.29) is 24.5 Å². The van der Waals surface area contributed by atoms with E-state index < -0.39 is 5.79 Å². The summed E-state index contributed by atoms with van der Waals surface area (Å²) in [6, 6.07) is 2.37. The van der Waals surface area contributed by atoms with Crippen molar-refractivity contribution in [1.29, 1.82) is 0 Å². The third kappa shape index (κ3) is 3.09. The molecule has 0 aromatic carbocycles. The smallest absolute Gasteiger partial charge is 0.181 e. The molecule has 0 radical (unpaired) electrons. The van der Waals surface area contributed by atoms with Gasteiger partial charge >= 0.3 is 0 Å². The molecule has 2 aromatic heterocycles. The molecule has 2 aliphatic heterocycles. The van der Waals surface area contributed by atoms with E-state index in [2.05, 4.69) is 22.3 Å². The number of hydrogen-bond donors (Lipinski definition) is 1. The van der Waals surface area contributed by atoms with Crippen LogP contribution in [0.2, 0.25) is 5.15 Å². The molecular weight excluding hydrogens is 380 g/mol. The first kappa shape index (κ1) is 18.6. The van der Waals surface area contributed by atoms with E-state index in [1.807, 2.05) is 26.1 Å². The number of aromatic nitrogens is 3. The van der Waals surface area contributed by atoms with Gasteiger partial charge in [-0.1, -0.05) is 31.4 Å². The molecule has 3 aliphatic rings. The van der Waals surface area contributed by atoms with Crippen molar-refractivity contribution in [3.05, 3.63) is 17.4 Å². The van der Waals surface area contributed by atoms with Gasteiger partial charge in [-0.05, 0) is 39.2 Å². The molecule has 8 heteroatoms. The third-order valence-corrected chi connectivity index (χ3v) is 6.21. The highest BCUT2D eigenvalue weighted by atomic mass is 35.5. The number of nitrogens with one attached hydrogen (secondary N) is 1. The summed E-state index contributed by atoms with van der Waals surface area (Å²) in [5, 5.41) is 9.66. The molecule has 1 saturated carbocycles. The average Bonchev–Trinajstić information content (AvgIpc) is 3.38. The van der Waals surface area contributed by atoms with Crippen LogP contribution in [0.5, 0.6) is 0 Å². The third-order valence-electron chi connectivity index (χ3n) is 6.02. The maximum atomic E-state index is 6.37. The van der Waals surface area contributed by atoms with Crippen LogP contribution >= 0.6 is 11.6 Å². The zero-order chi connectivity index (χ0) is 19.5. The summed E-state index contributed by atoms with van der Waals surface area (Å²) in [7, 11) is 0. The van der Waals surface area contributed by atoms with Crippen molar-refractivity contribution in [2.24, 2.45) is 0 Å². The minimum absolute atomic E-state index is 0.0358. The van der Waals surface area contributed by atoms with E-state index in [4.69, 9.17) is 25.8 Å². The van der Waals surface area contributed by atoms with Gasteiger partial charge in [0.2, 0.25) is 0 Å². The molecule has 4 heterocycles. The van der Waals surface area contributed by atoms with Gasteiger partial charge in [0.05, 0.1) is 23.4 Å². The number of fused-ring (bicyclic) bond motifs is 2. The van der Waals surface area contributed by atoms with E-state index in [0.29, 0.717) is 16.8 Å². The first-order valence-electron chi connectivity index (χ1n) is 10.3. The van der Waals surface area contributed by atoms with Crippen LogP contribution in [0.3, 0.4) is 0 Å². The molecule has 0 amide bonds. The van der Waals surface area contributed by atoms with Crippen LogP contribution in [-0.2, 0) is 14.2 Å². The van der Waals surface area contributed by atoms with Gasteiger partial charge in [0, 0.05) is 6.04 Å². The van der Waals surface area contributed by atoms with E-state index in [0.717, 1.165) is 17.5 Å². The number of anilines is 1. The first-order chi connectivity index (χ1) is 13.4. The minimum atomic E-state index is -0.631. The highest BCUT2D eigenvalue weighted by Gasteiger charge is 2.55. The fourth-order valence-electron chi connectivity index (χ4n) is 4.77. The van der Waals surface area contributed by atoms with Crippen LogP contribution < -0.4 is 5.32 Å². The lowest BCUT2D eigenvalue weighted by atomic mass is 10.1. The Labute approximate surface area is 169 Å². The van der Waals surface area contributed by atoms with Gasteiger partial charge in [0.1, 0.15) is 17.4 Å². The zero-order valence-corrected chi connectivity index (χ0v) is 17.3. The van der Waals surface area contributed by atoms with Crippen LogP contribution in [-0.4, -0.2) is 44.9 Å². The summed E-state index contributed by atoms with van der Waals surface area (Å²) in [6.07, 6.45) is 6.83. The van der Waals surface area contributed by atoms with Crippen LogP contribution in [0.1, 0.15) is 59.1 Å². The molecule has 152 valence electrons. The fraction of sp³-hybridized carbons (Fsp3) is 0.700. The predicted octanol–water partition coefficient (Wildman–Crippen LogP) is 4.27. The topological polar surface area (TPSA) is 70.4 Å². The number of hydrogen-bond acceptors (Lipinski definition) is 6. The molecule has 2 saturated heterocycles. The highest BCUT2D eigenvalue weighted by molar-refractivity contribution is 6.30. The number of ether oxygens (including phenoxy) is 3. The Hall–Kier alpha value is -1.41. The van der Waals surface area contributed by atoms with Crippen molar-refractivity contribution in [2.75, 3.05) is 5.32 Å². The van der Waals surface area contributed by atoms with Crippen molar-refractivity contribution in [1.82, 2.24) is 14.8 Å². The van der Waals surface area contributed by atoms with Gasteiger partial charge in [-0.15, -0.1) is 0 Å². The second-order valence-corrected chi connectivity index (χ2v) is 8.87. The molecule has 2 aromatic rings. The lowest BCUT2D eigenvalue weighted by Crippen LogP contribution is -2.28. The van der Waals surface area contributed by atoms with Crippen LogP contribution in [0.25, 0.3) is 11.0 Å². The Morgan fingerprint density at radius 2 is 2.00 bits per heavy atom. The van der Waals surface area contributed by atoms with Crippen molar-refractivity contribution in [3.8, 4) is 0 Å².